The van der Waals surface area contributed by atoms with E-state index in [9.17, 15) is 4.79 Å². The van der Waals surface area contributed by atoms with Crippen molar-refractivity contribution in [2.24, 2.45) is 0 Å². The highest BCUT2D eigenvalue weighted by atomic mass is 32.1. The fourth-order valence-corrected chi connectivity index (χ4v) is 1.93. The van der Waals surface area contributed by atoms with Gasteiger partial charge in [-0.2, -0.15) is 0 Å². The van der Waals surface area contributed by atoms with Crippen LogP contribution < -0.4 is 5.32 Å². The minimum Gasteiger partial charge on any atom is -0.348 e. The molecule has 0 saturated heterocycles. The van der Waals surface area contributed by atoms with E-state index in [0.717, 1.165) is 16.0 Å². The molecule has 0 spiro atoms. The van der Waals surface area contributed by atoms with E-state index in [0.29, 0.717) is 12.1 Å². The molecule has 92 valence electrons. The zero-order chi connectivity index (χ0) is 13.0. The van der Waals surface area contributed by atoms with Gasteiger partial charge in [0.15, 0.2) is 0 Å². The molecule has 0 saturated carbocycles. The summed E-state index contributed by atoms with van der Waals surface area (Å²) in [4.78, 5) is 12.8. The van der Waals surface area contributed by atoms with E-state index in [1.54, 1.807) is 6.07 Å². The molecule has 0 radical (unpaired) electrons. The average Bonchev–Trinajstić information content (AvgIpc) is 2.40. The van der Waals surface area contributed by atoms with Crippen molar-refractivity contribution in [1.29, 1.82) is 0 Å². The molecule has 0 heterocycles. The average molecular weight is 257 g/mol. The van der Waals surface area contributed by atoms with E-state index in [1.807, 2.05) is 49.4 Å². The first-order valence-electron chi connectivity index (χ1n) is 5.78. The minimum atomic E-state index is -0.0627. The van der Waals surface area contributed by atoms with Gasteiger partial charge in [0.1, 0.15) is 0 Å². The second-order valence-corrected chi connectivity index (χ2v) is 4.68. The number of carbonyl (C=O) groups excluding carboxylic acids is 1. The maximum Gasteiger partial charge on any atom is 0.251 e. The van der Waals surface area contributed by atoms with Crippen molar-refractivity contribution in [1.82, 2.24) is 5.32 Å². The maximum absolute atomic E-state index is 12.0. The second-order valence-electron chi connectivity index (χ2n) is 4.17. The van der Waals surface area contributed by atoms with Crippen molar-refractivity contribution in [3.63, 3.8) is 0 Å². The van der Waals surface area contributed by atoms with Crippen LogP contribution in [-0.2, 0) is 6.54 Å². The third-order valence-electron chi connectivity index (χ3n) is 2.76. The van der Waals surface area contributed by atoms with Crippen molar-refractivity contribution in [2.75, 3.05) is 0 Å². The number of aryl methyl sites for hydroxylation is 1. The van der Waals surface area contributed by atoms with E-state index in [-0.39, 0.29) is 5.91 Å². The van der Waals surface area contributed by atoms with E-state index in [4.69, 9.17) is 0 Å². The molecule has 3 heteroatoms. The third kappa shape index (κ3) is 3.14. The smallest absolute Gasteiger partial charge is 0.251 e. The van der Waals surface area contributed by atoms with Crippen LogP contribution in [0, 0.1) is 6.92 Å². The van der Waals surface area contributed by atoms with E-state index < -0.39 is 0 Å². The van der Waals surface area contributed by atoms with Crippen LogP contribution in [0.2, 0.25) is 0 Å². The number of amides is 1. The summed E-state index contributed by atoms with van der Waals surface area (Å²) >= 11 is 4.25. The molecular weight excluding hydrogens is 242 g/mol. The topological polar surface area (TPSA) is 29.1 Å². The standard InChI is InChI=1S/C15H15NOS/c1-11-7-8-13(18)9-14(11)15(17)16-10-12-5-3-2-4-6-12/h2-9,18H,10H2,1H3,(H,16,17). The molecule has 1 N–H and O–H groups in total. The summed E-state index contributed by atoms with van der Waals surface area (Å²) in [6.45, 7) is 2.46. The normalized spacial score (nSPS) is 10.1. The van der Waals surface area contributed by atoms with E-state index in [2.05, 4.69) is 17.9 Å². The van der Waals surface area contributed by atoms with Crippen LogP contribution in [0.15, 0.2) is 53.4 Å². The Morgan fingerprint density at radius 2 is 1.89 bits per heavy atom. The molecule has 0 atom stereocenters. The zero-order valence-electron chi connectivity index (χ0n) is 10.2. The summed E-state index contributed by atoms with van der Waals surface area (Å²) in [5, 5.41) is 2.91. The lowest BCUT2D eigenvalue weighted by molar-refractivity contribution is 0.0950. The Bertz CT molecular complexity index is 552. The Labute approximate surface area is 112 Å². The highest BCUT2D eigenvalue weighted by Crippen LogP contribution is 2.14. The monoisotopic (exact) mass is 257 g/mol. The van der Waals surface area contributed by atoms with Crippen LogP contribution >= 0.6 is 12.6 Å². The highest BCUT2D eigenvalue weighted by molar-refractivity contribution is 7.80. The Hall–Kier alpha value is -1.74. The molecule has 0 aromatic heterocycles. The third-order valence-corrected chi connectivity index (χ3v) is 3.04. The van der Waals surface area contributed by atoms with Gasteiger partial charge in [0.05, 0.1) is 0 Å². The predicted octanol–water partition coefficient (Wildman–Crippen LogP) is 3.21. The van der Waals surface area contributed by atoms with Gasteiger partial charge in [0.2, 0.25) is 0 Å². The summed E-state index contributed by atoms with van der Waals surface area (Å²) in [5.41, 5.74) is 2.72. The van der Waals surface area contributed by atoms with Gasteiger partial charge >= 0.3 is 0 Å². The SMILES string of the molecule is Cc1ccc(S)cc1C(=O)NCc1ccccc1. The van der Waals surface area contributed by atoms with Crippen molar-refractivity contribution in [3.8, 4) is 0 Å². The molecule has 0 unspecified atom stereocenters. The highest BCUT2D eigenvalue weighted by Gasteiger charge is 2.08. The summed E-state index contributed by atoms with van der Waals surface area (Å²) in [6, 6.07) is 15.4. The molecule has 0 aliphatic heterocycles. The lowest BCUT2D eigenvalue weighted by Gasteiger charge is -2.08. The van der Waals surface area contributed by atoms with Gasteiger partial charge in [-0.05, 0) is 30.2 Å². The van der Waals surface area contributed by atoms with Crippen LogP contribution in [0.1, 0.15) is 21.5 Å². The van der Waals surface area contributed by atoms with Gasteiger partial charge in [-0.1, -0.05) is 36.4 Å². The number of nitrogens with one attached hydrogen (secondary N) is 1. The van der Waals surface area contributed by atoms with Gasteiger partial charge in [-0.15, -0.1) is 12.6 Å². The Kier molecular flexibility index (Phi) is 4.05. The second kappa shape index (κ2) is 5.74. The minimum absolute atomic E-state index is 0.0627. The van der Waals surface area contributed by atoms with Crippen molar-refractivity contribution in [3.05, 3.63) is 65.2 Å². The summed E-state index contributed by atoms with van der Waals surface area (Å²) in [7, 11) is 0. The zero-order valence-corrected chi connectivity index (χ0v) is 11.1. The Morgan fingerprint density at radius 1 is 1.17 bits per heavy atom. The molecule has 0 bridgehead atoms. The van der Waals surface area contributed by atoms with Crippen LogP contribution in [0.25, 0.3) is 0 Å². The Morgan fingerprint density at radius 3 is 2.61 bits per heavy atom. The molecule has 0 fully saturated rings. The first kappa shape index (κ1) is 12.7. The molecule has 2 nitrogen and oxygen atoms in total. The molecular formula is C15H15NOS. The lowest BCUT2D eigenvalue weighted by Crippen LogP contribution is -2.23. The molecule has 2 rings (SSSR count). The first-order valence-corrected chi connectivity index (χ1v) is 6.23. The maximum atomic E-state index is 12.0. The summed E-state index contributed by atoms with van der Waals surface area (Å²) in [6.07, 6.45) is 0. The largest absolute Gasteiger partial charge is 0.348 e. The lowest BCUT2D eigenvalue weighted by atomic mass is 10.1. The molecule has 1 amide bonds. The summed E-state index contributed by atoms with van der Waals surface area (Å²) < 4.78 is 0. The van der Waals surface area contributed by atoms with Crippen LogP contribution in [0.3, 0.4) is 0 Å². The quantitative estimate of drug-likeness (QED) is 0.812. The van der Waals surface area contributed by atoms with Gasteiger partial charge < -0.3 is 5.32 Å². The summed E-state index contributed by atoms with van der Waals surface area (Å²) in [5.74, 6) is -0.0627. The fourth-order valence-electron chi connectivity index (χ4n) is 1.73. The molecule has 0 aliphatic carbocycles. The number of carbonyl (C=O) groups is 1. The fraction of sp³-hybridized carbons (Fsp3) is 0.133. The van der Waals surface area contributed by atoms with Gasteiger partial charge in [0, 0.05) is 17.0 Å². The van der Waals surface area contributed by atoms with Crippen molar-refractivity contribution in [2.45, 2.75) is 18.4 Å². The van der Waals surface area contributed by atoms with Gasteiger partial charge in [-0.25, -0.2) is 0 Å². The van der Waals surface area contributed by atoms with Crippen LogP contribution in [0.5, 0.6) is 0 Å². The molecule has 0 aliphatic rings. The Balaban J connectivity index is 2.06. The molecule has 2 aromatic rings. The van der Waals surface area contributed by atoms with Gasteiger partial charge in [-0.3, -0.25) is 4.79 Å². The van der Waals surface area contributed by atoms with Crippen LogP contribution in [0.4, 0.5) is 0 Å². The number of hydrogen-bond donors (Lipinski definition) is 2. The van der Waals surface area contributed by atoms with Crippen molar-refractivity contribution < 1.29 is 4.79 Å². The van der Waals surface area contributed by atoms with E-state index >= 15 is 0 Å². The molecule has 18 heavy (non-hydrogen) atoms. The van der Waals surface area contributed by atoms with Crippen LogP contribution in [-0.4, -0.2) is 5.91 Å². The number of hydrogen-bond acceptors (Lipinski definition) is 2. The van der Waals surface area contributed by atoms with Crippen molar-refractivity contribution >= 4 is 18.5 Å². The van der Waals surface area contributed by atoms with E-state index in [1.165, 1.54) is 0 Å². The predicted molar refractivity (Wildman–Crippen MR) is 76.0 cm³/mol. The first-order chi connectivity index (χ1) is 8.66. The number of rotatable bonds is 3. The van der Waals surface area contributed by atoms with Gasteiger partial charge in [0.25, 0.3) is 5.91 Å². The number of benzene rings is 2. The number of thiol groups is 1. The molecule has 2 aromatic carbocycles.